The lowest BCUT2D eigenvalue weighted by Crippen LogP contribution is -2.46. The van der Waals surface area contributed by atoms with Crippen molar-refractivity contribution in [2.75, 3.05) is 13.2 Å². The number of hydrogen-bond acceptors (Lipinski definition) is 3. The van der Waals surface area contributed by atoms with Crippen LogP contribution in [0.2, 0.25) is 0 Å². The Morgan fingerprint density at radius 2 is 2.15 bits per heavy atom. The van der Waals surface area contributed by atoms with Crippen molar-refractivity contribution in [2.24, 2.45) is 0 Å². The van der Waals surface area contributed by atoms with Crippen molar-refractivity contribution < 1.29 is 14.6 Å². The van der Waals surface area contributed by atoms with E-state index in [1.165, 1.54) is 0 Å². The Bertz CT molecular complexity index is 202. The lowest BCUT2D eigenvalue weighted by atomic mass is 9.83. The number of aliphatic hydroxyl groups excluding tert-OH is 1. The maximum absolute atomic E-state index is 9.01. The molecular weight excluding hydrogens is 168 g/mol. The van der Waals surface area contributed by atoms with E-state index in [0.717, 1.165) is 25.9 Å². The van der Waals surface area contributed by atoms with Gasteiger partial charge in [0.15, 0.2) is 0 Å². The molecule has 2 fully saturated rings. The Labute approximate surface area is 79.0 Å². The quantitative estimate of drug-likeness (QED) is 0.666. The first-order chi connectivity index (χ1) is 6.10. The van der Waals surface area contributed by atoms with Gasteiger partial charge in [0, 0.05) is 6.42 Å². The van der Waals surface area contributed by atoms with Crippen LogP contribution in [0.3, 0.4) is 0 Å². The molecule has 0 radical (unpaired) electrons. The van der Waals surface area contributed by atoms with E-state index in [2.05, 4.69) is 13.8 Å². The first kappa shape index (κ1) is 9.44. The molecule has 0 amide bonds. The van der Waals surface area contributed by atoms with Gasteiger partial charge in [-0.15, -0.1) is 0 Å². The SMILES string of the molecule is CC1(C)OCC[C@]12CC[C@H](CO)O2. The smallest absolute Gasteiger partial charge is 0.0993 e. The highest BCUT2D eigenvalue weighted by Crippen LogP contribution is 2.47. The summed E-state index contributed by atoms with van der Waals surface area (Å²) < 4.78 is 11.6. The molecule has 1 spiro atoms. The van der Waals surface area contributed by atoms with Crippen molar-refractivity contribution in [2.45, 2.75) is 50.4 Å². The van der Waals surface area contributed by atoms with Gasteiger partial charge >= 0.3 is 0 Å². The Morgan fingerprint density at radius 3 is 2.62 bits per heavy atom. The summed E-state index contributed by atoms with van der Waals surface area (Å²) in [4.78, 5) is 0. The highest BCUT2D eigenvalue weighted by molar-refractivity contribution is 5.04. The Hall–Kier alpha value is -0.120. The minimum atomic E-state index is -0.184. The third-order valence-electron chi connectivity index (χ3n) is 3.53. The molecule has 0 aromatic heterocycles. The van der Waals surface area contributed by atoms with Gasteiger partial charge in [-0.1, -0.05) is 0 Å². The van der Waals surface area contributed by atoms with Gasteiger partial charge in [0.2, 0.25) is 0 Å². The van der Waals surface area contributed by atoms with Gasteiger partial charge < -0.3 is 14.6 Å². The largest absolute Gasteiger partial charge is 0.394 e. The molecule has 0 bridgehead atoms. The zero-order valence-electron chi connectivity index (χ0n) is 8.38. The van der Waals surface area contributed by atoms with E-state index in [4.69, 9.17) is 14.6 Å². The summed E-state index contributed by atoms with van der Waals surface area (Å²) in [5, 5.41) is 9.01. The Balaban J connectivity index is 2.13. The third kappa shape index (κ3) is 1.30. The van der Waals surface area contributed by atoms with E-state index in [9.17, 15) is 0 Å². The van der Waals surface area contributed by atoms with Crippen molar-refractivity contribution in [1.29, 1.82) is 0 Å². The van der Waals surface area contributed by atoms with Crippen LogP contribution in [0.5, 0.6) is 0 Å². The molecule has 2 aliphatic rings. The molecule has 0 aromatic carbocycles. The summed E-state index contributed by atoms with van der Waals surface area (Å²) in [6, 6.07) is 0. The Kier molecular flexibility index (Phi) is 2.13. The van der Waals surface area contributed by atoms with Crippen LogP contribution >= 0.6 is 0 Å². The van der Waals surface area contributed by atoms with Crippen molar-refractivity contribution in [3.05, 3.63) is 0 Å². The van der Waals surface area contributed by atoms with E-state index >= 15 is 0 Å². The van der Waals surface area contributed by atoms with E-state index < -0.39 is 0 Å². The maximum atomic E-state index is 9.01. The molecule has 76 valence electrons. The lowest BCUT2D eigenvalue weighted by molar-refractivity contribution is -0.136. The summed E-state index contributed by atoms with van der Waals surface area (Å²) >= 11 is 0. The fourth-order valence-corrected chi connectivity index (χ4v) is 2.49. The second-order valence-corrected chi connectivity index (χ2v) is 4.56. The molecule has 2 heterocycles. The van der Waals surface area contributed by atoms with E-state index in [0.29, 0.717) is 0 Å². The van der Waals surface area contributed by atoms with Gasteiger partial charge in [-0.25, -0.2) is 0 Å². The predicted octanol–water partition coefficient (Wildman–Crippen LogP) is 1.10. The molecule has 3 heteroatoms. The van der Waals surface area contributed by atoms with Gasteiger partial charge in [-0.05, 0) is 26.7 Å². The van der Waals surface area contributed by atoms with Gasteiger partial charge in [0.1, 0.15) is 0 Å². The Morgan fingerprint density at radius 1 is 1.38 bits per heavy atom. The molecule has 0 aliphatic carbocycles. The molecule has 2 aliphatic heterocycles. The summed E-state index contributed by atoms with van der Waals surface area (Å²) in [5.41, 5.74) is -0.308. The summed E-state index contributed by atoms with van der Waals surface area (Å²) in [6.45, 7) is 5.09. The molecule has 1 N–H and O–H groups in total. The van der Waals surface area contributed by atoms with Crippen LogP contribution in [0.15, 0.2) is 0 Å². The molecular formula is C10H18O3. The van der Waals surface area contributed by atoms with E-state index in [1.54, 1.807) is 0 Å². The molecule has 0 saturated carbocycles. The van der Waals surface area contributed by atoms with Crippen LogP contribution in [-0.2, 0) is 9.47 Å². The molecule has 13 heavy (non-hydrogen) atoms. The highest BCUT2D eigenvalue weighted by Gasteiger charge is 2.55. The monoisotopic (exact) mass is 186 g/mol. The summed E-state index contributed by atoms with van der Waals surface area (Å²) in [5.74, 6) is 0. The van der Waals surface area contributed by atoms with Gasteiger partial charge in [-0.2, -0.15) is 0 Å². The zero-order chi connectivity index (χ0) is 9.53. The minimum absolute atomic E-state index is 0.0287. The first-order valence-corrected chi connectivity index (χ1v) is 5.02. The second kappa shape index (κ2) is 2.94. The lowest BCUT2D eigenvalue weighted by Gasteiger charge is -2.36. The number of rotatable bonds is 1. The normalized spacial score (nSPS) is 43.2. The van der Waals surface area contributed by atoms with Crippen LogP contribution in [0.1, 0.15) is 33.1 Å². The maximum Gasteiger partial charge on any atom is 0.0993 e. The zero-order valence-corrected chi connectivity index (χ0v) is 8.38. The number of hydrogen-bond donors (Lipinski definition) is 1. The molecule has 3 nitrogen and oxygen atoms in total. The van der Waals surface area contributed by atoms with Crippen molar-refractivity contribution in [3.63, 3.8) is 0 Å². The van der Waals surface area contributed by atoms with Crippen LogP contribution in [0.4, 0.5) is 0 Å². The average Bonchev–Trinajstić information content (AvgIpc) is 2.60. The first-order valence-electron chi connectivity index (χ1n) is 5.02. The highest BCUT2D eigenvalue weighted by atomic mass is 16.6. The van der Waals surface area contributed by atoms with E-state index in [-0.39, 0.29) is 23.9 Å². The predicted molar refractivity (Wildman–Crippen MR) is 48.6 cm³/mol. The standard InChI is InChI=1S/C10H18O3/c1-9(2)10(5-6-12-9)4-3-8(7-11)13-10/h8,11H,3-7H2,1-2H3/t8-,10-/m1/s1. The molecule has 2 atom stereocenters. The number of aliphatic hydroxyl groups is 1. The average molecular weight is 186 g/mol. The van der Waals surface area contributed by atoms with Gasteiger partial charge in [-0.3, -0.25) is 0 Å². The van der Waals surface area contributed by atoms with Crippen LogP contribution < -0.4 is 0 Å². The fourth-order valence-electron chi connectivity index (χ4n) is 2.49. The summed E-state index contributed by atoms with van der Waals surface area (Å²) in [6.07, 6.45) is 2.98. The van der Waals surface area contributed by atoms with Gasteiger partial charge in [0.05, 0.1) is 30.5 Å². The molecule has 0 aromatic rings. The van der Waals surface area contributed by atoms with Crippen LogP contribution in [-0.4, -0.2) is 35.6 Å². The third-order valence-corrected chi connectivity index (χ3v) is 3.53. The molecule has 0 unspecified atom stereocenters. The topological polar surface area (TPSA) is 38.7 Å². The fraction of sp³-hybridized carbons (Fsp3) is 1.00. The minimum Gasteiger partial charge on any atom is -0.394 e. The van der Waals surface area contributed by atoms with E-state index in [1.807, 2.05) is 0 Å². The summed E-state index contributed by atoms with van der Waals surface area (Å²) in [7, 11) is 0. The van der Waals surface area contributed by atoms with Crippen LogP contribution in [0, 0.1) is 0 Å². The number of ether oxygens (including phenoxy) is 2. The van der Waals surface area contributed by atoms with Crippen molar-refractivity contribution >= 4 is 0 Å². The van der Waals surface area contributed by atoms with Crippen molar-refractivity contribution in [1.82, 2.24) is 0 Å². The van der Waals surface area contributed by atoms with Crippen LogP contribution in [0.25, 0.3) is 0 Å². The molecule has 2 saturated heterocycles. The van der Waals surface area contributed by atoms with Crippen molar-refractivity contribution in [3.8, 4) is 0 Å². The second-order valence-electron chi connectivity index (χ2n) is 4.56. The van der Waals surface area contributed by atoms with Gasteiger partial charge in [0.25, 0.3) is 0 Å². The molecule has 2 rings (SSSR count).